The first kappa shape index (κ1) is 11.0. The van der Waals surface area contributed by atoms with E-state index in [1.807, 2.05) is 6.07 Å². The van der Waals surface area contributed by atoms with Crippen LogP contribution in [0.15, 0.2) is 28.9 Å². The van der Waals surface area contributed by atoms with Crippen molar-refractivity contribution < 1.29 is 9.21 Å². The van der Waals surface area contributed by atoms with Crippen LogP contribution in [0.25, 0.3) is 6.08 Å². The minimum Gasteiger partial charge on any atom is -0.465 e. The average Bonchev–Trinajstić information content (AvgIpc) is 2.81. The van der Waals surface area contributed by atoms with Crippen LogP contribution in [-0.2, 0) is 4.79 Å². The molecule has 1 aliphatic heterocycles. The van der Waals surface area contributed by atoms with Gasteiger partial charge in [-0.15, -0.1) is 0 Å². The molecule has 0 spiro atoms. The molecule has 1 aliphatic rings. The molecule has 86 valence electrons. The van der Waals surface area contributed by atoms with Crippen LogP contribution in [0, 0.1) is 0 Å². The summed E-state index contributed by atoms with van der Waals surface area (Å²) < 4.78 is 5.09. The zero-order chi connectivity index (χ0) is 11.2. The van der Waals surface area contributed by atoms with Gasteiger partial charge >= 0.3 is 0 Å². The number of hydrogen-bond donors (Lipinski definition) is 2. The van der Waals surface area contributed by atoms with Gasteiger partial charge in [-0.05, 0) is 37.6 Å². The lowest BCUT2D eigenvalue weighted by Crippen LogP contribution is -2.45. The van der Waals surface area contributed by atoms with E-state index in [1.165, 1.54) is 6.08 Å². The van der Waals surface area contributed by atoms with Gasteiger partial charge in [-0.2, -0.15) is 0 Å². The fourth-order valence-corrected chi connectivity index (χ4v) is 1.77. The van der Waals surface area contributed by atoms with E-state index >= 15 is 0 Å². The molecule has 1 amide bonds. The van der Waals surface area contributed by atoms with E-state index in [2.05, 4.69) is 10.6 Å². The number of amides is 1. The normalized spacial score (nSPS) is 21.1. The monoisotopic (exact) mass is 220 g/mol. The van der Waals surface area contributed by atoms with Crippen LogP contribution in [0.4, 0.5) is 0 Å². The summed E-state index contributed by atoms with van der Waals surface area (Å²) in [5, 5.41) is 6.20. The van der Waals surface area contributed by atoms with Crippen molar-refractivity contribution in [3.8, 4) is 0 Å². The molecule has 1 fully saturated rings. The van der Waals surface area contributed by atoms with Crippen molar-refractivity contribution in [1.29, 1.82) is 0 Å². The first-order chi connectivity index (χ1) is 7.84. The molecule has 1 aromatic heterocycles. The third-order valence-electron chi connectivity index (χ3n) is 2.59. The fraction of sp³-hybridized carbons (Fsp3) is 0.417. The number of hydrogen-bond acceptors (Lipinski definition) is 3. The van der Waals surface area contributed by atoms with Gasteiger partial charge in [-0.1, -0.05) is 0 Å². The maximum atomic E-state index is 11.5. The fourth-order valence-electron chi connectivity index (χ4n) is 1.77. The summed E-state index contributed by atoms with van der Waals surface area (Å²) in [5.41, 5.74) is 0. The second-order valence-electron chi connectivity index (χ2n) is 3.90. The Kier molecular flexibility index (Phi) is 3.77. The minimum atomic E-state index is -0.0647. The Hall–Kier alpha value is -1.55. The van der Waals surface area contributed by atoms with Crippen LogP contribution < -0.4 is 10.6 Å². The number of furan rings is 1. The molecule has 2 N–H and O–H groups in total. The van der Waals surface area contributed by atoms with Crippen molar-refractivity contribution in [1.82, 2.24) is 10.6 Å². The molecule has 16 heavy (non-hydrogen) atoms. The van der Waals surface area contributed by atoms with Gasteiger partial charge in [0.05, 0.1) is 6.26 Å². The summed E-state index contributed by atoms with van der Waals surface area (Å²) in [6, 6.07) is 3.86. The first-order valence-corrected chi connectivity index (χ1v) is 5.57. The Labute approximate surface area is 94.7 Å². The Morgan fingerprint density at radius 2 is 2.56 bits per heavy atom. The standard InChI is InChI=1S/C12H16N2O2/c15-12(6-5-11-4-2-8-16-11)14-10-3-1-7-13-9-10/h2,4-6,8,10,13H,1,3,7,9H2,(H,14,15)/b6-5+/t10-/m0/s1. The minimum absolute atomic E-state index is 0.0647. The van der Waals surface area contributed by atoms with Crippen molar-refractivity contribution in [2.24, 2.45) is 0 Å². The summed E-state index contributed by atoms with van der Waals surface area (Å²) >= 11 is 0. The van der Waals surface area contributed by atoms with Crippen LogP contribution in [0.3, 0.4) is 0 Å². The molecule has 0 aromatic carbocycles. The second-order valence-corrected chi connectivity index (χ2v) is 3.90. The molecule has 4 heteroatoms. The summed E-state index contributed by atoms with van der Waals surface area (Å²) in [4.78, 5) is 11.5. The molecule has 2 heterocycles. The summed E-state index contributed by atoms with van der Waals surface area (Å²) in [6.07, 6.45) is 6.93. The van der Waals surface area contributed by atoms with Gasteiger partial charge in [0.15, 0.2) is 0 Å². The van der Waals surface area contributed by atoms with Gasteiger partial charge in [0, 0.05) is 18.7 Å². The maximum Gasteiger partial charge on any atom is 0.244 e. The maximum absolute atomic E-state index is 11.5. The Morgan fingerprint density at radius 1 is 1.62 bits per heavy atom. The van der Waals surface area contributed by atoms with Crippen LogP contribution in [0.5, 0.6) is 0 Å². The Morgan fingerprint density at radius 3 is 3.25 bits per heavy atom. The predicted octanol–water partition coefficient (Wildman–Crippen LogP) is 1.16. The van der Waals surface area contributed by atoms with Gasteiger partial charge in [0.1, 0.15) is 5.76 Å². The number of nitrogens with one attached hydrogen (secondary N) is 2. The largest absolute Gasteiger partial charge is 0.465 e. The zero-order valence-electron chi connectivity index (χ0n) is 9.11. The molecule has 0 bridgehead atoms. The van der Waals surface area contributed by atoms with Crippen LogP contribution in [0.2, 0.25) is 0 Å². The lowest BCUT2D eigenvalue weighted by atomic mass is 10.1. The van der Waals surface area contributed by atoms with E-state index in [0.717, 1.165) is 25.9 Å². The van der Waals surface area contributed by atoms with Gasteiger partial charge in [0.25, 0.3) is 0 Å². The van der Waals surface area contributed by atoms with Crippen LogP contribution in [-0.4, -0.2) is 25.0 Å². The van der Waals surface area contributed by atoms with E-state index < -0.39 is 0 Å². The molecular formula is C12H16N2O2. The van der Waals surface area contributed by atoms with Gasteiger partial charge in [-0.25, -0.2) is 0 Å². The topological polar surface area (TPSA) is 54.3 Å². The molecule has 1 atom stereocenters. The lowest BCUT2D eigenvalue weighted by molar-refractivity contribution is -0.117. The lowest BCUT2D eigenvalue weighted by Gasteiger charge is -2.23. The highest BCUT2D eigenvalue weighted by molar-refractivity contribution is 5.91. The van der Waals surface area contributed by atoms with E-state index in [1.54, 1.807) is 18.4 Å². The third kappa shape index (κ3) is 3.24. The van der Waals surface area contributed by atoms with E-state index in [9.17, 15) is 4.79 Å². The molecule has 0 radical (unpaired) electrons. The third-order valence-corrected chi connectivity index (χ3v) is 2.59. The van der Waals surface area contributed by atoms with Crippen LogP contribution in [0.1, 0.15) is 18.6 Å². The van der Waals surface area contributed by atoms with Gasteiger partial charge in [0.2, 0.25) is 5.91 Å². The summed E-state index contributed by atoms with van der Waals surface area (Å²) in [7, 11) is 0. The molecule has 2 rings (SSSR count). The average molecular weight is 220 g/mol. The second kappa shape index (κ2) is 5.51. The van der Waals surface area contributed by atoms with Gasteiger partial charge in [-0.3, -0.25) is 4.79 Å². The van der Waals surface area contributed by atoms with Crippen molar-refractivity contribution in [3.63, 3.8) is 0 Å². The highest BCUT2D eigenvalue weighted by Crippen LogP contribution is 2.03. The van der Waals surface area contributed by atoms with Crippen molar-refractivity contribution in [3.05, 3.63) is 30.2 Å². The molecule has 1 saturated heterocycles. The number of rotatable bonds is 3. The highest BCUT2D eigenvalue weighted by Gasteiger charge is 2.13. The zero-order valence-corrected chi connectivity index (χ0v) is 9.11. The van der Waals surface area contributed by atoms with Crippen LogP contribution >= 0.6 is 0 Å². The highest BCUT2D eigenvalue weighted by atomic mass is 16.3. The molecule has 1 aromatic rings. The van der Waals surface area contributed by atoms with Crippen molar-refractivity contribution in [2.75, 3.05) is 13.1 Å². The number of piperidine rings is 1. The summed E-state index contributed by atoms with van der Waals surface area (Å²) in [5.74, 6) is 0.627. The summed E-state index contributed by atoms with van der Waals surface area (Å²) in [6.45, 7) is 1.91. The molecule has 0 saturated carbocycles. The molecular weight excluding hydrogens is 204 g/mol. The Balaban J connectivity index is 1.79. The smallest absolute Gasteiger partial charge is 0.244 e. The van der Waals surface area contributed by atoms with Crippen molar-refractivity contribution in [2.45, 2.75) is 18.9 Å². The number of carbonyl (C=O) groups is 1. The molecule has 0 unspecified atom stereocenters. The Bertz CT molecular complexity index is 351. The van der Waals surface area contributed by atoms with E-state index in [4.69, 9.17) is 4.42 Å². The molecule has 4 nitrogen and oxygen atoms in total. The molecule has 0 aliphatic carbocycles. The van der Waals surface area contributed by atoms with E-state index in [0.29, 0.717) is 5.76 Å². The first-order valence-electron chi connectivity index (χ1n) is 5.57. The van der Waals surface area contributed by atoms with Crippen molar-refractivity contribution >= 4 is 12.0 Å². The van der Waals surface area contributed by atoms with E-state index in [-0.39, 0.29) is 11.9 Å². The number of carbonyl (C=O) groups excluding carboxylic acids is 1. The van der Waals surface area contributed by atoms with Gasteiger partial charge < -0.3 is 15.1 Å². The SMILES string of the molecule is O=C(/C=C/c1ccco1)N[C@H]1CCCNC1. The predicted molar refractivity (Wildman–Crippen MR) is 61.8 cm³/mol. The quantitative estimate of drug-likeness (QED) is 0.752.